The second kappa shape index (κ2) is 4.39. The first-order valence-electron chi connectivity index (χ1n) is 5.40. The number of methoxy groups -OCH3 is 1. The molecular weight excluding hydrogens is 188 g/mol. The molecule has 0 atom stereocenters. The summed E-state index contributed by atoms with van der Waals surface area (Å²) in [6, 6.07) is 8.07. The molecule has 0 aliphatic rings. The number of para-hydroxylation sites is 1. The lowest BCUT2D eigenvalue weighted by Gasteiger charge is -1.98. The van der Waals surface area contributed by atoms with Crippen LogP contribution in [0.4, 0.5) is 0 Å². The van der Waals surface area contributed by atoms with Gasteiger partial charge in [-0.1, -0.05) is 25.5 Å². The van der Waals surface area contributed by atoms with E-state index in [2.05, 4.69) is 19.1 Å². The first-order chi connectivity index (χ1) is 7.35. The third-order valence-corrected chi connectivity index (χ3v) is 2.56. The summed E-state index contributed by atoms with van der Waals surface area (Å²) in [5, 5.41) is 1.13. The molecular formula is C13H16O2. The number of unbranched alkanes of at least 4 members (excludes halogenated alkanes) is 1. The van der Waals surface area contributed by atoms with Gasteiger partial charge >= 0.3 is 0 Å². The van der Waals surface area contributed by atoms with E-state index in [1.54, 1.807) is 7.11 Å². The molecule has 0 spiro atoms. The van der Waals surface area contributed by atoms with E-state index in [1.807, 2.05) is 12.1 Å². The molecule has 0 saturated carbocycles. The standard InChI is InChI=1S/C13H16O2/c1-3-4-7-11-9-10-6-5-8-12(14-2)13(10)15-11/h5-6,8-9H,3-4,7H2,1-2H3. The minimum atomic E-state index is 0.815. The Balaban J connectivity index is 2.37. The van der Waals surface area contributed by atoms with Gasteiger partial charge in [0.1, 0.15) is 5.76 Å². The van der Waals surface area contributed by atoms with Crippen molar-refractivity contribution in [1.82, 2.24) is 0 Å². The molecule has 2 aromatic rings. The van der Waals surface area contributed by atoms with Crippen LogP contribution in [0.1, 0.15) is 25.5 Å². The van der Waals surface area contributed by atoms with Crippen molar-refractivity contribution in [2.45, 2.75) is 26.2 Å². The number of hydrogen-bond acceptors (Lipinski definition) is 2. The molecule has 80 valence electrons. The minimum absolute atomic E-state index is 0.815. The van der Waals surface area contributed by atoms with Crippen LogP contribution in [0.25, 0.3) is 11.0 Å². The molecule has 0 aliphatic carbocycles. The number of fused-ring (bicyclic) bond motifs is 1. The third kappa shape index (κ3) is 1.99. The topological polar surface area (TPSA) is 22.4 Å². The fraction of sp³-hybridized carbons (Fsp3) is 0.385. The number of furan rings is 1. The Morgan fingerprint density at radius 2 is 2.20 bits per heavy atom. The van der Waals surface area contributed by atoms with Gasteiger partial charge in [0.15, 0.2) is 11.3 Å². The highest BCUT2D eigenvalue weighted by atomic mass is 16.5. The van der Waals surface area contributed by atoms with Gasteiger partial charge in [0.05, 0.1) is 7.11 Å². The predicted molar refractivity (Wildman–Crippen MR) is 61.4 cm³/mol. The lowest BCUT2D eigenvalue weighted by atomic mass is 10.2. The van der Waals surface area contributed by atoms with Crippen molar-refractivity contribution in [2.75, 3.05) is 7.11 Å². The molecule has 0 saturated heterocycles. The highest BCUT2D eigenvalue weighted by molar-refractivity contribution is 5.83. The summed E-state index contributed by atoms with van der Waals surface area (Å²) >= 11 is 0. The van der Waals surface area contributed by atoms with Gasteiger partial charge < -0.3 is 9.15 Å². The largest absolute Gasteiger partial charge is 0.493 e. The van der Waals surface area contributed by atoms with Crippen molar-refractivity contribution >= 4 is 11.0 Å². The van der Waals surface area contributed by atoms with Crippen molar-refractivity contribution < 1.29 is 9.15 Å². The van der Waals surface area contributed by atoms with Gasteiger partial charge in [0, 0.05) is 11.8 Å². The highest BCUT2D eigenvalue weighted by Gasteiger charge is 2.07. The zero-order valence-electron chi connectivity index (χ0n) is 9.25. The summed E-state index contributed by atoms with van der Waals surface area (Å²) in [5.41, 5.74) is 0.867. The van der Waals surface area contributed by atoms with Gasteiger partial charge in [-0.15, -0.1) is 0 Å². The lowest BCUT2D eigenvalue weighted by Crippen LogP contribution is -1.81. The molecule has 0 amide bonds. The summed E-state index contributed by atoms with van der Waals surface area (Å²) in [6.45, 7) is 2.18. The van der Waals surface area contributed by atoms with Crippen molar-refractivity contribution in [2.24, 2.45) is 0 Å². The molecule has 0 bridgehead atoms. The Morgan fingerprint density at radius 3 is 2.93 bits per heavy atom. The number of ether oxygens (including phenoxy) is 1. The highest BCUT2D eigenvalue weighted by Crippen LogP contribution is 2.28. The molecule has 2 rings (SSSR count). The number of aryl methyl sites for hydroxylation is 1. The molecule has 2 heteroatoms. The number of hydrogen-bond donors (Lipinski definition) is 0. The normalized spacial score (nSPS) is 10.8. The Labute approximate surface area is 89.8 Å². The molecule has 1 aromatic heterocycles. The molecule has 15 heavy (non-hydrogen) atoms. The van der Waals surface area contributed by atoms with E-state index >= 15 is 0 Å². The van der Waals surface area contributed by atoms with Crippen LogP contribution in [0.3, 0.4) is 0 Å². The first kappa shape index (κ1) is 10.1. The van der Waals surface area contributed by atoms with Crippen LogP contribution in [0.2, 0.25) is 0 Å². The molecule has 1 heterocycles. The van der Waals surface area contributed by atoms with Crippen LogP contribution >= 0.6 is 0 Å². The molecule has 0 N–H and O–H groups in total. The molecule has 1 aromatic carbocycles. The summed E-state index contributed by atoms with van der Waals surface area (Å²) in [7, 11) is 1.67. The van der Waals surface area contributed by atoms with Crippen LogP contribution in [-0.2, 0) is 6.42 Å². The van der Waals surface area contributed by atoms with E-state index in [-0.39, 0.29) is 0 Å². The van der Waals surface area contributed by atoms with E-state index in [0.717, 1.165) is 28.9 Å². The van der Waals surface area contributed by atoms with E-state index < -0.39 is 0 Å². The van der Waals surface area contributed by atoms with Gasteiger partial charge in [0.2, 0.25) is 0 Å². The Kier molecular flexibility index (Phi) is 2.95. The van der Waals surface area contributed by atoms with Crippen molar-refractivity contribution in [3.05, 3.63) is 30.0 Å². The Bertz CT molecular complexity index is 443. The summed E-state index contributed by atoms with van der Waals surface area (Å²) < 4.78 is 11.0. The second-order valence-corrected chi connectivity index (χ2v) is 3.69. The average Bonchev–Trinajstić information content (AvgIpc) is 2.68. The van der Waals surface area contributed by atoms with Crippen LogP contribution < -0.4 is 4.74 Å². The van der Waals surface area contributed by atoms with Gasteiger partial charge in [-0.2, -0.15) is 0 Å². The summed E-state index contributed by atoms with van der Waals surface area (Å²) in [6.07, 6.45) is 3.37. The average molecular weight is 204 g/mol. The molecule has 0 radical (unpaired) electrons. The lowest BCUT2D eigenvalue weighted by molar-refractivity contribution is 0.407. The number of rotatable bonds is 4. The second-order valence-electron chi connectivity index (χ2n) is 3.69. The van der Waals surface area contributed by atoms with Crippen molar-refractivity contribution in [3.63, 3.8) is 0 Å². The van der Waals surface area contributed by atoms with Gasteiger partial charge in [0.25, 0.3) is 0 Å². The Hall–Kier alpha value is -1.44. The maximum Gasteiger partial charge on any atom is 0.176 e. The van der Waals surface area contributed by atoms with E-state index in [1.165, 1.54) is 12.8 Å². The fourth-order valence-electron chi connectivity index (χ4n) is 1.72. The minimum Gasteiger partial charge on any atom is -0.493 e. The molecule has 0 fully saturated rings. The van der Waals surface area contributed by atoms with Crippen molar-refractivity contribution in [1.29, 1.82) is 0 Å². The van der Waals surface area contributed by atoms with Crippen molar-refractivity contribution in [3.8, 4) is 5.75 Å². The van der Waals surface area contributed by atoms with E-state index in [9.17, 15) is 0 Å². The smallest absolute Gasteiger partial charge is 0.176 e. The maximum atomic E-state index is 5.77. The first-order valence-corrected chi connectivity index (χ1v) is 5.40. The van der Waals surface area contributed by atoms with E-state index in [4.69, 9.17) is 9.15 Å². The van der Waals surface area contributed by atoms with Crippen LogP contribution in [-0.4, -0.2) is 7.11 Å². The zero-order chi connectivity index (χ0) is 10.7. The monoisotopic (exact) mass is 204 g/mol. The zero-order valence-corrected chi connectivity index (χ0v) is 9.25. The third-order valence-electron chi connectivity index (χ3n) is 2.56. The van der Waals surface area contributed by atoms with Crippen LogP contribution in [0, 0.1) is 0 Å². The number of benzene rings is 1. The predicted octanol–water partition coefficient (Wildman–Crippen LogP) is 3.78. The fourth-order valence-corrected chi connectivity index (χ4v) is 1.72. The molecule has 2 nitrogen and oxygen atoms in total. The van der Waals surface area contributed by atoms with E-state index in [0.29, 0.717) is 0 Å². The summed E-state index contributed by atoms with van der Waals surface area (Å²) in [4.78, 5) is 0. The Morgan fingerprint density at radius 1 is 1.33 bits per heavy atom. The van der Waals surface area contributed by atoms with Gasteiger partial charge in [-0.3, -0.25) is 0 Å². The summed E-state index contributed by atoms with van der Waals surface area (Å²) in [5.74, 6) is 1.87. The molecule has 0 aliphatic heterocycles. The molecule has 0 unspecified atom stereocenters. The SMILES string of the molecule is CCCCc1cc2cccc(OC)c2o1. The van der Waals surface area contributed by atoms with Crippen LogP contribution in [0.5, 0.6) is 5.75 Å². The maximum absolute atomic E-state index is 5.77. The van der Waals surface area contributed by atoms with Gasteiger partial charge in [-0.25, -0.2) is 0 Å². The van der Waals surface area contributed by atoms with Crippen LogP contribution in [0.15, 0.2) is 28.7 Å². The quantitative estimate of drug-likeness (QED) is 0.756. The van der Waals surface area contributed by atoms with Gasteiger partial charge in [-0.05, 0) is 18.6 Å².